The predicted octanol–water partition coefficient (Wildman–Crippen LogP) is 1.79. The molecule has 0 aromatic heterocycles. The summed E-state index contributed by atoms with van der Waals surface area (Å²) in [6.45, 7) is 6.05. The first kappa shape index (κ1) is 15.4. The zero-order valence-corrected chi connectivity index (χ0v) is 11.7. The Hall–Kier alpha value is -1.62. The van der Waals surface area contributed by atoms with Crippen LogP contribution in [0.25, 0.3) is 0 Å². The van der Waals surface area contributed by atoms with E-state index in [4.69, 9.17) is 4.74 Å². The van der Waals surface area contributed by atoms with Gasteiger partial charge in [0.2, 0.25) is 5.91 Å². The number of nitrogens with one attached hydrogen (secondary N) is 1. The molecule has 106 valence electrons. The summed E-state index contributed by atoms with van der Waals surface area (Å²) in [7, 11) is 1.44. The molecule has 19 heavy (non-hydrogen) atoms. The average Bonchev–Trinajstić information content (AvgIpc) is 2.38. The SMILES string of the molecule is CCNC(=O)CN(CC)Cc1ccc(OC)c(F)c1. The molecule has 1 aromatic rings. The summed E-state index contributed by atoms with van der Waals surface area (Å²) in [5, 5.41) is 2.75. The van der Waals surface area contributed by atoms with E-state index in [1.165, 1.54) is 13.2 Å². The lowest BCUT2D eigenvalue weighted by atomic mass is 10.2. The highest BCUT2D eigenvalue weighted by Crippen LogP contribution is 2.18. The zero-order valence-electron chi connectivity index (χ0n) is 11.7. The summed E-state index contributed by atoms with van der Waals surface area (Å²) < 4.78 is 18.4. The van der Waals surface area contributed by atoms with E-state index >= 15 is 0 Å². The fourth-order valence-corrected chi connectivity index (χ4v) is 1.80. The maximum Gasteiger partial charge on any atom is 0.234 e. The lowest BCUT2D eigenvalue weighted by molar-refractivity contribution is -0.122. The van der Waals surface area contributed by atoms with E-state index in [1.807, 2.05) is 24.8 Å². The van der Waals surface area contributed by atoms with Crippen molar-refractivity contribution in [3.63, 3.8) is 0 Å². The molecule has 0 aliphatic carbocycles. The van der Waals surface area contributed by atoms with Crippen LogP contribution in [0.2, 0.25) is 0 Å². The van der Waals surface area contributed by atoms with E-state index < -0.39 is 0 Å². The molecule has 0 saturated carbocycles. The minimum atomic E-state index is -0.380. The molecular formula is C14H21FN2O2. The Balaban J connectivity index is 2.65. The normalized spacial score (nSPS) is 10.6. The summed E-state index contributed by atoms with van der Waals surface area (Å²) in [6.07, 6.45) is 0. The van der Waals surface area contributed by atoms with E-state index in [0.29, 0.717) is 19.6 Å². The Labute approximate surface area is 113 Å². The molecule has 0 spiro atoms. The number of nitrogens with zero attached hydrogens (tertiary/aromatic N) is 1. The number of halogens is 1. The molecule has 0 atom stereocenters. The molecule has 0 radical (unpaired) electrons. The van der Waals surface area contributed by atoms with Crippen LogP contribution >= 0.6 is 0 Å². The third-order valence-electron chi connectivity index (χ3n) is 2.81. The average molecular weight is 268 g/mol. The van der Waals surface area contributed by atoms with Gasteiger partial charge < -0.3 is 10.1 Å². The summed E-state index contributed by atoms with van der Waals surface area (Å²) >= 11 is 0. The number of benzene rings is 1. The van der Waals surface area contributed by atoms with Gasteiger partial charge in [-0.3, -0.25) is 9.69 Å². The number of methoxy groups -OCH3 is 1. The minimum absolute atomic E-state index is 0.0154. The van der Waals surface area contributed by atoms with Gasteiger partial charge in [-0.25, -0.2) is 4.39 Å². The monoisotopic (exact) mass is 268 g/mol. The van der Waals surface area contributed by atoms with Crippen LogP contribution in [-0.2, 0) is 11.3 Å². The first-order valence-electron chi connectivity index (χ1n) is 6.42. The molecule has 0 aliphatic heterocycles. The van der Waals surface area contributed by atoms with Crippen molar-refractivity contribution >= 4 is 5.91 Å². The molecular weight excluding hydrogens is 247 g/mol. The topological polar surface area (TPSA) is 41.6 Å². The number of ether oxygens (including phenoxy) is 1. The molecule has 1 rings (SSSR count). The smallest absolute Gasteiger partial charge is 0.234 e. The van der Waals surface area contributed by atoms with Crippen molar-refractivity contribution in [2.75, 3.05) is 26.7 Å². The quantitative estimate of drug-likeness (QED) is 0.820. The lowest BCUT2D eigenvalue weighted by Crippen LogP contribution is -2.36. The third kappa shape index (κ3) is 4.87. The fourth-order valence-electron chi connectivity index (χ4n) is 1.80. The largest absolute Gasteiger partial charge is 0.494 e. The number of carbonyl (C=O) groups excluding carboxylic acids is 1. The third-order valence-corrected chi connectivity index (χ3v) is 2.81. The molecule has 5 heteroatoms. The summed E-state index contributed by atoms with van der Waals surface area (Å²) in [4.78, 5) is 13.5. The number of hydrogen-bond acceptors (Lipinski definition) is 3. The maximum absolute atomic E-state index is 13.6. The van der Waals surface area contributed by atoms with Crippen molar-refractivity contribution in [1.29, 1.82) is 0 Å². The highest BCUT2D eigenvalue weighted by Gasteiger charge is 2.10. The highest BCUT2D eigenvalue weighted by molar-refractivity contribution is 5.77. The first-order valence-corrected chi connectivity index (χ1v) is 6.42. The van der Waals surface area contributed by atoms with E-state index in [2.05, 4.69) is 5.32 Å². The fraction of sp³-hybridized carbons (Fsp3) is 0.500. The Kier molecular flexibility index (Phi) is 6.29. The van der Waals surface area contributed by atoms with Crippen molar-refractivity contribution in [2.45, 2.75) is 20.4 Å². The number of rotatable bonds is 7. The van der Waals surface area contributed by atoms with Gasteiger partial charge in [0.1, 0.15) is 0 Å². The van der Waals surface area contributed by atoms with E-state index in [9.17, 15) is 9.18 Å². The second kappa shape index (κ2) is 7.74. The van der Waals surface area contributed by atoms with Crippen LogP contribution in [0.1, 0.15) is 19.4 Å². The molecule has 4 nitrogen and oxygen atoms in total. The van der Waals surface area contributed by atoms with Crippen LogP contribution in [-0.4, -0.2) is 37.6 Å². The number of carbonyl (C=O) groups is 1. The number of amides is 1. The van der Waals surface area contributed by atoms with Crippen molar-refractivity contribution < 1.29 is 13.9 Å². The van der Waals surface area contributed by atoms with Crippen LogP contribution in [0.4, 0.5) is 4.39 Å². The molecule has 1 amide bonds. The molecule has 0 heterocycles. The molecule has 0 saturated heterocycles. The Morgan fingerprint density at radius 3 is 2.68 bits per heavy atom. The van der Waals surface area contributed by atoms with Crippen LogP contribution in [0.15, 0.2) is 18.2 Å². The van der Waals surface area contributed by atoms with Gasteiger partial charge in [0.25, 0.3) is 0 Å². The standard InChI is InChI=1S/C14H21FN2O2/c1-4-16-14(18)10-17(5-2)9-11-6-7-13(19-3)12(15)8-11/h6-8H,4-5,9-10H2,1-3H3,(H,16,18). The van der Waals surface area contributed by atoms with Crippen molar-refractivity contribution in [3.05, 3.63) is 29.6 Å². The van der Waals surface area contributed by atoms with Crippen molar-refractivity contribution in [3.8, 4) is 5.75 Å². The van der Waals surface area contributed by atoms with Crippen LogP contribution < -0.4 is 10.1 Å². The number of likely N-dealkylation sites (N-methyl/N-ethyl adjacent to an activating group) is 2. The van der Waals surface area contributed by atoms with Gasteiger partial charge in [-0.05, 0) is 31.2 Å². The minimum Gasteiger partial charge on any atom is -0.494 e. The number of hydrogen-bond donors (Lipinski definition) is 1. The second-order valence-electron chi connectivity index (χ2n) is 4.23. The summed E-state index contributed by atoms with van der Waals surface area (Å²) in [6, 6.07) is 4.85. The zero-order chi connectivity index (χ0) is 14.3. The predicted molar refractivity (Wildman–Crippen MR) is 72.6 cm³/mol. The molecule has 0 aliphatic rings. The van der Waals surface area contributed by atoms with Gasteiger partial charge in [-0.2, -0.15) is 0 Å². The maximum atomic E-state index is 13.6. The first-order chi connectivity index (χ1) is 9.10. The Morgan fingerprint density at radius 1 is 1.42 bits per heavy atom. The van der Waals surface area contributed by atoms with Gasteiger partial charge in [-0.1, -0.05) is 13.0 Å². The lowest BCUT2D eigenvalue weighted by Gasteiger charge is -2.20. The van der Waals surface area contributed by atoms with E-state index in [0.717, 1.165) is 12.1 Å². The van der Waals surface area contributed by atoms with Crippen LogP contribution in [0, 0.1) is 5.82 Å². The van der Waals surface area contributed by atoms with Gasteiger partial charge in [0.05, 0.1) is 13.7 Å². The van der Waals surface area contributed by atoms with Gasteiger partial charge in [0, 0.05) is 13.1 Å². The highest BCUT2D eigenvalue weighted by atomic mass is 19.1. The summed E-state index contributed by atoms with van der Waals surface area (Å²) in [5.74, 6) is -0.164. The van der Waals surface area contributed by atoms with Crippen LogP contribution in [0.5, 0.6) is 5.75 Å². The van der Waals surface area contributed by atoms with Crippen molar-refractivity contribution in [1.82, 2.24) is 10.2 Å². The van der Waals surface area contributed by atoms with Gasteiger partial charge in [0.15, 0.2) is 11.6 Å². The molecule has 1 aromatic carbocycles. The molecule has 0 bridgehead atoms. The van der Waals surface area contributed by atoms with Crippen LogP contribution in [0.3, 0.4) is 0 Å². The van der Waals surface area contributed by atoms with E-state index in [-0.39, 0.29) is 17.5 Å². The van der Waals surface area contributed by atoms with Crippen molar-refractivity contribution in [2.24, 2.45) is 0 Å². The van der Waals surface area contributed by atoms with Gasteiger partial charge >= 0.3 is 0 Å². The molecule has 0 unspecified atom stereocenters. The second-order valence-corrected chi connectivity index (χ2v) is 4.23. The van der Waals surface area contributed by atoms with Gasteiger partial charge in [-0.15, -0.1) is 0 Å². The Bertz CT molecular complexity index is 424. The summed E-state index contributed by atoms with van der Waals surface area (Å²) in [5.41, 5.74) is 0.824. The molecule has 0 fully saturated rings. The molecule has 1 N–H and O–H groups in total. The Morgan fingerprint density at radius 2 is 2.16 bits per heavy atom. The van der Waals surface area contributed by atoms with E-state index in [1.54, 1.807) is 6.07 Å².